The molecule has 0 aliphatic heterocycles. The first kappa shape index (κ1) is 13.9. The first-order valence-electron chi connectivity index (χ1n) is 5.86. The molecule has 0 amide bonds. The summed E-state index contributed by atoms with van der Waals surface area (Å²) in [5.41, 5.74) is 0.582. The van der Waals surface area contributed by atoms with Gasteiger partial charge in [0.15, 0.2) is 0 Å². The minimum atomic E-state index is -1.11. The number of ether oxygens (including phenoxy) is 2. The number of carbonyl (C=O) groups is 1. The van der Waals surface area contributed by atoms with E-state index in [1.165, 1.54) is 43.5 Å². The summed E-state index contributed by atoms with van der Waals surface area (Å²) >= 11 is 0. The van der Waals surface area contributed by atoms with Crippen molar-refractivity contribution in [1.29, 1.82) is 0 Å². The summed E-state index contributed by atoms with van der Waals surface area (Å²) in [4.78, 5) is 11.2. The molecule has 0 saturated carbocycles. The van der Waals surface area contributed by atoms with Gasteiger partial charge < -0.3 is 14.6 Å². The summed E-state index contributed by atoms with van der Waals surface area (Å²) in [6.45, 7) is 1.68. The first-order chi connectivity index (χ1) is 9.51. The van der Waals surface area contributed by atoms with Gasteiger partial charge in [-0.15, -0.1) is 0 Å². The van der Waals surface area contributed by atoms with Gasteiger partial charge in [-0.05, 0) is 42.8 Å². The maximum absolute atomic E-state index is 13.0. The number of carboxylic acids is 1. The van der Waals surface area contributed by atoms with Crippen LogP contribution in [-0.4, -0.2) is 18.2 Å². The topological polar surface area (TPSA) is 55.8 Å². The molecule has 0 aliphatic rings. The highest BCUT2D eigenvalue weighted by molar-refractivity contribution is 5.91. The van der Waals surface area contributed by atoms with Gasteiger partial charge in [0.05, 0.1) is 7.11 Å². The largest absolute Gasteiger partial charge is 0.497 e. The molecule has 0 fully saturated rings. The second kappa shape index (κ2) is 5.61. The lowest BCUT2D eigenvalue weighted by Crippen LogP contribution is -2.01. The number of carboxylic acid groups (broad SMARTS) is 1. The van der Waals surface area contributed by atoms with Gasteiger partial charge in [-0.1, -0.05) is 0 Å². The Morgan fingerprint density at radius 3 is 2.50 bits per heavy atom. The van der Waals surface area contributed by atoms with Gasteiger partial charge >= 0.3 is 5.97 Å². The number of aromatic carboxylic acids is 1. The quantitative estimate of drug-likeness (QED) is 0.926. The molecule has 4 nitrogen and oxygen atoms in total. The molecule has 0 unspecified atom stereocenters. The lowest BCUT2D eigenvalue weighted by molar-refractivity contribution is 0.0694. The minimum Gasteiger partial charge on any atom is -0.497 e. The van der Waals surface area contributed by atoms with Gasteiger partial charge in [0, 0.05) is 6.07 Å². The highest BCUT2D eigenvalue weighted by Gasteiger charge is 2.14. The molecule has 20 heavy (non-hydrogen) atoms. The first-order valence-corrected chi connectivity index (χ1v) is 5.86. The second-order valence-electron chi connectivity index (χ2n) is 4.18. The number of methoxy groups -OCH3 is 1. The van der Waals surface area contributed by atoms with Crippen LogP contribution in [0.3, 0.4) is 0 Å². The van der Waals surface area contributed by atoms with Gasteiger partial charge in [-0.2, -0.15) is 0 Å². The summed E-state index contributed by atoms with van der Waals surface area (Å²) in [7, 11) is 1.47. The number of aryl methyl sites for hydroxylation is 1. The molecule has 0 heterocycles. The third kappa shape index (κ3) is 2.88. The van der Waals surface area contributed by atoms with E-state index in [1.54, 1.807) is 6.92 Å². The second-order valence-corrected chi connectivity index (χ2v) is 4.18. The van der Waals surface area contributed by atoms with Crippen molar-refractivity contribution in [2.24, 2.45) is 0 Å². The maximum Gasteiger partial charge on any atom is 0.339 e. The molecule has 0 spiro atoms. The predicted octanol–water partition coefficient (Wildman–Crippen LogP) is 3.63. The zero-order valence-corrected chi connectivity index (χ0v) is 11.0. The third-order valence-corrected chi connectivity index (χ3v) is 2.78. The van der Waals surface area contributed by atoms with Crippen LogP contribution in [-0.2, 0) is 0 Å². The van der Waals surface area contributed by atoms with Crippen molar-refractivity contribution < 1.29 is 23.8 Å². The van der Waals surface area contributed by atoms with Crippen LogP contribution in [0, 0.1) is 12.7 Å². The van der Waals surface area contributed by atoms with Crippen LogP contribution in [0.25, 0.3) is 0 Å². The van der Waals surface area contributed by atoms with Crippen molar-refractivity contribution in [3.63, 3.8) is 0 Å². The molecule has 0 atom stereocenters. The molecule has 2 rings (SSSR count). The Kier molecular flexibility index (Phi) is 3.89. The molecule has 1 N–H and O–H groups in total. The maximum atomic E-state index is 13.0. The molecule has 0 radical (unpaired) electrons. The predicted molar refractivity (Wildman–Crippen MR) is 71.2 cm³/mol. The molecular weight excluding hydrogens is 263 g/mol. The average Bonchev–Trinajstić information content (AvgIpc) is 2.41. The van der Waals surface area contributed by atoms with Crippen LogP contribution in [0.2, 0.25) is 0 Å². The van der Waals surface area contributed by atoms with Crippen LogP contribution < -0.4 is 9.47 Å². The van der Waals surface area contributed by atoms with E-state index < -0.39 is 5.97 Å². The lowest BCUT2D eigenvalue weighted by atomic mass is 10.2. The van der Waals surface area contributed by atoms with Crippen LogP contribution in [0.15, 0.2) is 36.4 Å². The zero-order chi connectivity index (χ0) is 14.7. The summed E-state index contributed by atoms with van der Waals surface area (Å²) in [5.74, 6) is -0.472. The minimum absolute atomic E-state index is 0.00882. The number of hydrogen-bond acceptors (Lipinski definition) is 3. The highest BCUT2D eigenvalue weighted by atomic mass is 19.1. The van der Waals surface area contributed by atoms with E-state index in [2.05, 4.69) is 0 Å². The van der Waals surface area contributed by atoms with Gasteiger partial charge in [0.2, 0.25) is 0 Å². The average molecular weight is 276 g/mol. The molecule has 2 aromatic rings. The lowest BCUT2D eigenvalue weighted by Gasteiger charge is -2.12. The van der Waals surface area contributed by atoms with Gasteiger partial charge in [0.1, 0.15) is 28.6 Å². The van der Waals surface area contributed by atoms with Crippen molar-refractivity contribution in [3.8, 4) is 17.2 Å². The standard InChI is InChI=1S/C15H13FO4/c1-9-7-10(16)3-6-13(9)20-14-8-11(19-2)4-5-12(14)15(17)18/h3-8H,1-2H3,(H,17,18). The Morgan fingerprint density at radius 2 is 1.90 bits per heavy atom. The van der Waals surface area contributed by atoms with E-state index >= 15 is 0 Å². The van der Waals surface area contributed by atoms with Crippen LogP contribution in [0.5, 0.6) is 17.2 Å². The van der Waals surface area contributed by atoms with Crippen LogP contribution in [0.1, 0.15) is 15.9 Å². The van der Waals surface area contributed by atoms with Crippen molar-refractivity contribution in [2.45, 2.75) is 6.92 Å². The normalized spacial score (nSPS) is 10.2. The van der Waals surface area contributed by atoms with Crippen molar-refractivity contribution in [2.75, 3.05) is 7.11 Å². The zero-order valence-electron chi connectivity index (χ0n) is 11.0. The Morgan fingerprint density at radius 1 is 1.15 bits per heavy atom. The molecule has 104 valence electrons. The van der Waals surface area contributed by atoms with E-state index in [0.29, 0.717) is 17.1 Å². The summed E-state index contributed by atoms with van der Waals surface area (Å²) in [6, 6.07) is 8.43. The van der Waals surface area contributed by atoms with E-state index in [-0.39, 0.29) is 17.1 Å². The van der Waals surface area contributed by atoms with Crippen LogP contribution >= 0.6 is 0 Å². The molecule has 0 saturated heterocycles. The summed E-state index contributed by atoms with van der Waals surface area (Å²) in [5, 5.41) is 9.14. The molecule has 0 aromatic heterocycles. The Bertz CT molecular complexity index is 652. The van der Waals surface area contributed by atoms with E-state index in [1.807, 2.05) is 0 Å². The monoisotopic (exact) mass is 276 g/mol. The fourth-order valence-corrected chi connectivity index (χ4v) is 1.74. The van der Waals surface area contributed by atoms with Gasteiger partial charge in [-0.25, -0.2) is 9.18 Å². The van der Waals surface area contributed by atoms with Crippen molar-refractivity contribution in [1.82, 2.24) is 0 Å². The fraction of sp³-hybridized carbons (Fsp3) is 0.133. The molecule has 0 aliphatic carbocycles. The summed E-state index contributed by atoms with van der Waals surface area (Å²) < 4.78 is 23.7. The highest BCUT2D eigenvalue weighted by Crippen LogP contribution is 2.31. The number of halogens is 1. The van der Waals surface area contributed by atoms with Gasteiger partial charge in [-0.3, -0.25) is 0 Å². The number of benzene rings is 2. The Balaban J connectivity index is 2.43. The van der Waals surface area contributed by atoms with E-state index in [4.69, 9.17) is 14.6 Å². The van der Waals surface area contributed by atoms with E-state index in [0.717, 1.165) is 0 Å². The number of hydrogen-bond donors (Lipinski definition) is 1. The molecule has 2 aromatic carbocycles. The third-order valence-electron chi connectivity index (χ3n) is 2.78. The van der Waals surface area contributed by atoms with Gasteiger partial charge in [0.25, 0.3) is 0 Å². The Labute approximate surface area is 115 Å². The van der Waals surface area contributed by atoms with E-state index in [9.17, 15) is 9.18 Å². The van der Waals surface area contributed by atoms with Crippen LogP contribution in [0.4, 0.5) is 4.39 Å². The van der Waals surface area contributed by atoms with Crippen molar-refractivity contribution in [3.05, 3.63) is 53.3 Å². The molecule has 5 heteroatoms. The number of rotatable bonds is 4. The molecular formula is C15H13FO4. The fourth-order valence-electron chi connectivity index (χ4n) is 1.74. The molecule has 0 bridgehead atoms. The smallest absolute Gasteiger partial charge is 0.339 e. The summed E-state index contributed by atoms with van der Waals surface area (Å²) in [6.07, 6.45) is 0. The SMILES string of the molecule is COc1ccc(C(=O)O)c(Oc2ccc(F)cc2C)c1. The Hall–Kier alpha value is -2.56. The van der Waals surface area contributed by atoms with Crippen molar-refractivity contribution >= 4 is 5.97 Å².